The number of nitrogens with one attached hydrogen (secondary N) is 1. The highest BCUT2D eigenvalue weighted by Crippen LogP contribution is 2.06. The molecule has 0 unspecified atom stereocenters. The van der Waals surface area contributed by atoms with Crippen molar-refractivity contribution in [3.8, 4) is 0 Å². The molecule has 0 saturated heterocycles. The molecule has 0 radical (unpaired) electrons. The number of hydrogen-bond acceptors (Lipinski definition) is 4. The minimum atomic E-state index is -0.00988. The third-order valence-electron chi connectivity index (χ3n) is 3.55. The highest BCUT2D eigenvalue weighted by molar-refractivity contribution is 5.88. The molecule has 3 N–H and O–H groups in total. The molecule has 0 saturated carbocycles. The van der Waals surface area contributed by atoms with Crippen molar-refractivity contribution in [2.75, 3.05) is 39.5 Å². The SMILES string of the molecule is CC(C)=CCC/C(C)=C/C(=O)NCCCOCCCCOCCCN. The lowest BCUT2D eigenvalue weighted by molar-refractivity contribution is -0.116. The van der Waals surface area contributed by atoms with E-state index in [0.717, 1.165) is 63.9 Å². The zero-order valence-corrected chi connectivity index (χ0v) is 16.4. The van der Waals surface area contributed by atoms with Crippen molar-refractivity contribution in [2.24, 2.45) is 5.73 Å². The largest absolute Gasteiger partial charge is 0.381 e. The molecule has 0 aliphatic heterocycles. The zero-order valence-electron chi connectivity index (χ0n) is 16.4. The lowest BCUT2D eigenvalue weighted by Crippen LogP contribution is -2.23. The summed E-state index contributed by atoms with van der Waals surface area (Å²) in [6.45, 7) is 10.5. The third kappa shape index (κ3) is 19.0. The Bertz CT molecular complexity index is 388. The first-order valence-corrected chi connectivity index (χ1v) is 9.50. The van der Waals surface area contributed by atoms with Crippen LogP contribution < -0.4 is 11.1 Å². The van der Waals surface area contributed by atoms with Crippen LogP contribution in [-0.2, 0) is 14.3 Å². The quantitative estimate of drug-likeness (QED) is 0.253. The average molecular weight is 355 g/mol. The van der Waals surface area contributed by atoms with E-state index in [1.165, 1.54) is 5.57 Å². The van der Waals surface area contributed by atoms with E-state index in [-0.39, 0.29) is 5.91 Å². The van der Waals surface area contributed by atoms with Crippen LogP contribution in [0.2, 0.25) is 0 Å². The molecule has 0 atom stereocenters. The highest BCUT2D eigenvalue weighted by Gasteiger charge is 1.98. The zero-order chi connectivity index (χ0) is 18.8. The Balaban J connectivity index is 3.44. The summed E-state index contributed by atoms with van der Waals surface area (Å²) in [5, 5.41) is 2.90. The Morgan fingerprint density at radius 3 is 2.16 bits per heavy atom. The fraction of sp³-hybridized carbons (Fsp3) is 0.750. The Hall–Kier alpha value is -1.17. The van der Waals surface area contributed by atoms with E-state index in [2.05, 4.69) is 25.2 Å². The Labute approximate surface area is 154 Å². The van der Waals surface area contributed by atoms with Crippen molar-refractivity contribution < 1.29 is 14.3 Å². The minimum Gasteiger partial charge on any atom is -0.381 e. The maximum absolute atomic E-state index is 11.8. The summed E-state index contributed by atoms with van der Waals surface area (Å²) in [5.41, 5.74) is 7.82. The molecular formula is C20H38N2O3. The van der Waals surface area contributed by atoms with Crippen LogP contribution in [0.5, 0.6) is 0 Å². The lowest BCUT2D eigenvalue weighted by Gasteiger charge is -2.06. The summed E-state index contributed by atoms with van der Waals surface area (Å²) < 4.78 is 11.0. The van der Waals surface area contributed by atoms with Gasteiger partial charge < -0.3 is 20.5 Å². The molecule has 5 nitrogen and oxygen atoms in total. The number of amides is 1. The van der Waals surface area contributed by atoms with E-state index in [1.807, 2.05) is 6.92 Å². The van der Waals surface area contributed by atoms with Gasteiger partial charge in [-0.05, 0) is 65.8 Å². The van der Waals surface area contributed by atoms with Gasteiger partial charge in [0.2, 0.25) is 5.91 Å². The standard InChI is InChI=1S/C20H38N2O3/c1-18(2)9-6-10-19(3)17-20(23)22-12-8-16-25-14-5-4-13-24-15-7-11-21/h9,17H,4-8,10-16,21H2,1-3H3,(H,22,23)/b19-17+. The second-order valence-corrected chi connectivity index (χ2v) is 6.53. The molecule has 0 aromatic carbocycles. The van der Waals surface area contributed by atoms with Crippen molar-refractivity contribution in [2.45, 2.75) is 59.3 Å². The molecule has 5 heteroatoms. The Morgan fingerprint density at radius 1 is 0.960 bits per heavy atom. The van der Waals surface area contributed by atoms with Gasteiger partial charge in [0.25, 0.3) is 0 Å². The molecule has 0 spiro atoms. The van der Waals surface area contributed by atoms with Gasteiger partial charge in [-0.15, -0.1) is 0 Å². The minimum absolute atomic E-state index is 0.00988. The van der Waals surface area contributed by atoms with Crippen LogP contribution in [0.1, 0.15) is 59.3 Å². The number of ether oxygens (including phenoxy) is 2. The Kier molecular flexibility index (Phi) is 16.8. The third-order valence-corrected chi connectivity index (χ3v) is 3.55. The summed E-state index contributed by atoms with van der Waals surface area (Å²) >= 11 is 0. The van der Waals surface area contributed by atoms with E-state index in [4.69, 9.17) is 15.2 Å². The first-order chi connectivity index (χ1) is 12.1. The van der Waals surface area contributed by atoms with E-state index >= 15 is 0 Å². The first kappa shape index (κ1) is 23.8. The summed E-state index contributed by atoms with van der Waals surface area (Å²) in [5.74, 6) is -0.00988. The van der Waals surface area contributed by atoms with Gasteiger partial charge in [-0.2, -0.15) is 0 Å². The van der Waals surface area contributed by atoms with Crippen LogP contribution in [0.3, 0.4) is 0 Å². The van der Waals surface area contributed by atoms with E-state index in [1.54, 1.807) is 6.08 Å². The topological polar surface area (TPSA) is 73.6 Å². The predicted molar refractivity (Wildman–Crippen MR) is 105 cm³/mol. The molecule has 0 aliphatic carbocycles. The van der Waals surface area contributed by atoms with Gasteiger partial charge in [0.05, 0.1) is 0 Å². The van der Waals surface area contributed by atoms with Crippen molar-refractivity contribution in [3.05, 3.63) is 23.3 Å². The first-order valence-electron chi connectivity index (χ1n) is 9.50. The van der Waals surface area contributed by atoms with E-state index < -0.39 is 0 Å². The van der Waals surface area contributed by atoms with E-state index in [0.29, 0.717) is 19.7 Å². The number of rotatable bonds is 16. The summed E-state index contributed by atoms with van der Waals surface area (Å²) in [6.07, 6.45) is 9.58. The van der Waals surface area contributed by atoms with Crippen LogP contribution >= 0.6 is 0 Å². The molecule has 0 fully saturated rings. The van der Waals surface area contributed by atoms with Crippen molar-refractivity contribution >= 4 is 5.91 Å². The fourth-order valence-corrected chi connectivity index (χ4v) is 2.12. The predicted octanol–water partition coefficient (Wildman–Crippen LogP) is 3.35. The van der Waals surface area contributed by atoms with E-state index in [9.17, 15) is 4.79 Å². The molecular weight excluding hydrogens is 316 g/mol. The number of carbonyl (C=O) groups is 1. The number of hydrogen-bond donors (Lipinski definition) is 2. The van der Waals surface area contributed by atoms with Crippen molar-refractivity contribution in [3.63, 3.8) is 0 Å². The average Bonchev–Trinajstić information content (AvgIpc) is 2.55. The molecule has 0 bridgehead atoms. The molecule has 25 heavy (non-hydrogen) atoms. The second-order valence-electron chi connectivity index (χ2n) is 6.53. The number of carbonyl (C=O) groups excluding carboxylic acids is 1. The monoisotopic (exact) mass is 354 g/mol. The second kappa shape index (κ2) is 17.6. The summed E-state index contributed by atoms with van der Waals surface area (Å²) in [6, 6.07) is 0. The van der Waals surface area contributed by atoms with Crippen LogP contribution in [0, 0.1) is 0 Å². The number of allylic oxidation sites excluding steroid dienone is 3. The number of nitrogens with two attached hydrogens (primary N) is 1. The van der Waals surface area contributed by atoms with Crippen LogP contribution in [0.4, 0.5) is 0 Å². The van der Waals surface area contributed by atoms with Gasteiger partial charge in [-0.25, -0.2) is 0 Å². The van der Waals surface area contributed by atoms with Gasteiger partial charge in [0, 0.05) is 39.0 Å². The molecule has 146 valence electrons. The van der Waals surface area contributed by atoms with Crippen molar-refractivity contribution in [1.82, 2.24) is 5.32 Å². The molecule has 0 aromatic heterocycles. The summed E-state index contributed by atoms with van der Waals surface area (Å²) in [7, 11) is 0. The van der Waals surface area contributed by atoms with Crippen LogP contribution in [0.15, 0.2) is 23.3 Å². The molecule has 1 amide bonds. The summed E-state index contributed by atoms with van der Waals surface area (Å²) in [4.78, 5) is 11.8. The maximum Gasteiger partial charge on any atom is 0.243 e. The molecule has 0 aromatic rings. The smallest absolute Gasteiger partial charge is 0.243 e. The van der Waals surface area contributed by atoms with Crippen LogP contribution in [0.25, 0.3) is 0 Å². The molecule has 0 aliphatic rings. The maximum atomic E-state index is 11.8. The van der Waals surface area contributed by atoms with Gasteiger partial charge in [-0.3, -0.25) is 4.79 Å². The van der Waals surface area contributed by atoms with Gasteiger partial charge in [0.15, 0.2) is 0 Å². The number of unbranched alkanes of at least 4 members (excludes halogenated alkanes) is 1. The highest BCUT2D eigenvalue weighted by atomic mass is 16.5. The fourth-order valence-electron chi connectivity index (χ4n) is 2.12. The molecule has 0 heterocycles. The van der Waals surface area contributed by atoms with Gasteiger partial charge in [0.1, 0.15) is 0 Å². The van der Waals surface area contributed by atoms with Gasteiger partial charge in [-0.1, -0.05) is 17.2 Å². The Morgan fingerprint density at radius 2 is 1.56 bits per heavy atom. The normalized spacial score (nSPS) is 11.4. The lowest BCUT2D eigenvalue weighted by atomic mass is 10.1. The van der Waals surface area contributed by atoms with Crippen molar-refractivity contribution in [1.29, 1.82) is 0 Å². The molecule has 0 rings (SSSR count). The van der Waals surface area contributed by atoms with Gasteiger partial charge >= 0.3 is 0 Å². The van der Waals surface area contributed by atoms with Crippen LogP contribution in [-0.4, -0.2) is 45.4 Å².